The van der Waals surface area contributed by atoms with E-state index in [1.165, 1.54) is 12.8 Å². The molecule has 2 aromatic rings. The lowest BCUT2D eigenvalue weighted by molar-refractivity contribution is 0.102. The van der Waals surface area contributed by atoms with Gasteiger partial charge in [-0.3, -0.25) is 4.79 Å². The van der Waals surface area contributed by atoms with E-state index in [1.54, 1.807) is 6.07 Å². The Morgan fingerprint density at radius 2 is 1.96 bits per heavy atom. The molecule has 1 aromatic carbocycles. The van der Waals surface area contributed by atoms with Crippen molar-refractivity contribution < 1.29 is 4.79 Å². The van der Waals surface area contributed by atoms with E-state index in [0.717, 1.165) is 40.5 Å². The average Bonchev–Trinajstić information content (AvgIpc) is 2.58. The van der Waals surface area contributed by atoms with Gasteiger partial charge in [0.05, 0.1) is 5.69 Å². The second-order valence-corrected chi connectivity index (χ2v) is 7.24. The molecular formula is C18H21BrN4O. The number of nitrogens with zero attached hydrogens (tertiary/aromatic N) is 3. The first-order valence-electron chi connectivity index (χ1n) is 8.19. The van der Waals surface area contributed by atoms with Gasteiger partial charge in [-0.2, -0.15) is 0 Å². The lowest BCUT2D eigenvalue weighted by Crippen LogP contribution is -2.33. The van der Waals surface area contributed by atoms with E-state index in [4.69, 9.17) is 0 Å². The molecule has 1 saturated heterocycles. The van der Waals surface area contributed by atoms with Gasteiger partial charge >= 0.3 is 0 Å². The van der Waals surface area contributed by atoms with Gasteiger partial charge in [-0.25, -0.2) is 0 Å². The maximum atomic E-state index is 12.3. The number of carbonyl (C=O) groups excluding carboxylic acids is 1. The van der Waals surface area contributed by atoms with Gasteiger partial charge in [0, 0.05) is 17.6 Å². The highest BCUT2D eigenvalue weighted by Crippen LogP contribution is 2.24. The summed E-state index contributed by atoms with van der Waals surface area (Å²) in [6, 6.07) is 9.39. The van der Waals surface area contributed by atoms with Crippen LogP contribution in [0.15, 0.2) is 34.8 Å². The molecule has 1 amide bonds. The van der Waals surface area contributed by atoms with E-state index in [9.17, 15) is 4.79 Å². The van der Waals surface area contributed by atoms with Crippen LogP contribution >= 0.6 is 15.9 Å². The van der Waals surface area contributed by atoms with Crippen molar-refractivity contribution in [1.82, 2.24) is 10.2 Å². The van der Waals surface area contributed by atoms with Gasteiger partial charge in [-0.05, 0) is 71.4 Å². The molecule has 0 radical (unpaired) electrons. The topological polar surface area (TPSA) is 58.1 Å². The van der Waals surface area contributed by atoms with Gasteiger partial charge in [0.2, 0.25) is 0 Å². The summed E-state index contributed by atoms with van der Waals surface area (Å²) in [6.45, 7) is 6.27. The van der Waals surface area contributed by atoms with Gasteiger partial charge in [0.15, 0.2) is 11.5 Å². The molecule has 0 spiro atoms. The van der Waals surface area contributed by atoms with Crippen molar-refractivity contribution in [2.75, 3.05) is 23.3 Å². The second kappa shape index (κ2) is 7.30. The summed E-state index contributed by atoms with van der Waals surface area (Å²) in [4.78, 5) is 14.6. The van der Waals surface area contributed by atoms with Crippen LogP contribution in [0, 0.1) is 12.8 Å². The predicted octanol–water partition coefficient (Wildman–Crippen LogP) is 4.04. The number of benzene rings is 1. The molecule has 5 nitrogen and oxygen atoms in total. The Hall–Kier alpha value is -1.95. The molecule has 0 bridgehead atoms. The fraction of sp³-hybridized carbons (Fsp3) is 0.389. The smallest absolute Gasteiger partial charge is 0.276 e. The van der Waals surface area contributed by atoms with E-state index >= 15 is 0 Å². The molecule has 0 saturated carbocycles. The summed E-state index contributed by atoms with van der Waals surface area (Å²) < 4.78 is 0.850. The average molecular weight is 389 g/mol. The quantitative estimate of drug-likeness (QED) is 0.861. The van der Waals surface area contributed by atoms with Gasteiger partial charge in [-0.1, -0.05) is 13.0 Å². The van der Waals surface area contributed by atoms with Crippen LogP contribution in [0.3, 0.4) is 0 Å². The minimum atomic E-state index is -0.258. The lowest BCUT2D eigenvalue weighted by Gasteiger charge is -2.30. The minimum absolute atomic E-state index is 0.258. The SMILES string of the molecule is Cc1ccc(NC(=O)c2ccc(N3CCC(C)CC3)nn2)c(Br)c1. The molecule has 1 N–H and O–H groups in total. The van der Waals surface area contributed by atoms with E-state index in [1.807, 2.05) is 31.2 Å². The van der Waals surface area contributed by atoms with E-state index in [-0.39, 0.29) is 5.91 Å². The van der Waals surface area contributed by atoms with Crippen molar-refractivity contribution >= 4 is 33.3 Å². The summed E-state index contributed by atoms with van der Waals surface area (Å²) in [5, 5.41) is 11.2. The highest BCUT2D eigenvalue weighted by molar-refractivity contribution is 9.10. The van der Waals surface area contributed by atoms with Crippen LogP contribution < -0.4 is 10.2 Å². The Morgan fingerprint density at radius 1 is 1.21 bits per heavy atom. The van der Waals surface area contributed by atoms with Crippen LogP contribution in [0.5, 0.6) is 0 Å². The van der Waals surface area contributed by atoms with E-state index in [0.29, 0.717) is 5.69 Å². The number of hydrogen-bond acceptors (Lipinski definition) is 4. The number of carbonyl (C=O) groups is 1. The highest BCUT2D eigenvalue weighted by atomic mass is 79.9. The van der Waals surface area contributed by atoms with Crippen LogP contribution in [0.2, 0.25) is 0 Å². The zero-order chi connectivity index (χ0) is 17.1. The Kier molecular flexibility index (Phi) is 5.14. The molecule has 2 heterocycles. The zero-order valence-corrected chi connectivity index (χ0v) is 15.5. The first kappa shape index (κ1) is 16.9. The van der Waals surface area contributed by atoms with Crippen molar-refractivity contribution in [2.45, 2.75) is 26.7 Å². The first-order valence-corrected chi connectivity index (χ1v) is 8.98. The zero-order valence-electron chi connectivity index (χ0n) is 13.9. The third-order valence-corrected chi connectivity index (χ3v) is 5.02. The van der Waals surface area contributed by atoms with Crippen molar-refractivity contribution in [3.05, 3.63) is 46.1 Å². The van der Waals surface area contributed by atoms with Crippen LogP contribution in [0.1, 0.15) is 35.8 Å². The molecule has 0 aliphatic carbocycles. The van der Waals surface area contributed by atoms with Crippen LogP contribution in [-0.2, 0) is 0 Å². The van der Waals surface area contributed by atoms with E-state index in [2.05, 4.69) is 43.3 Å². The highest BCUT2D eigenvalue weighted by Gasteiger charge is 2.18. The normalized spacial score (nSPS) is 15.4. The van der Waals surface area contributed by atoms with Gasteiger partial charge < -0.3 is 10.2 Å². The molecule has 1 fully saturated rings. The predicted molar refractivity (Wildman–Crippen MR) is 99.5 cm³/mol. The number of hydrogen-bond donors (Lipinski definition) is 1. The number of piperidine rings is 1. The summed E-state index contributed by atoms with van der Waals surface area (Å²) in [5.74, 6) is 1.35. The Morgan fingerprint density at radius 3 is 2.58 bits per heavy atom. The van der Waals surface area contributed by atoms with Crippen molar-refractivity contribution in [2.24, 2.45) is 5.92 Å². The van der Waals surface area contributed by atoms with Crippen LogP contribution in [0.4, 0.5) is 11.5 Å². The Balaban J connectivity index is 1.67. The first-order chi connectivity index (χ1) is 11.5. The molecule has 24 heavy (non-hydrogen) atoms. The fourth-order valence-corrected chi connectivity index (χ4v) is 3.35. The Bertz CT molecular complexity index is 724. The van der Waals surface area contributed by atoms with Crippen LogP contribution in [-0.4, -0.2) is 29.2 Å². The van der Waals surface area contributed by atoms with E-state index < -0.39 is 0 Å². The molecule has 1 aliphatic heterocycles. The van der Waals surface area contributed by atoms with Gasteiger partial charge in [-0.15, -0.1) is 10.2 Å². The standard InChI is InChI=1S/C18H21BrN4O/c1-12-7-9-23(10-8-12)17-6-5-16(21-22-17)18(24)20-15-4-3-13(2)11-14(15)19/h3-6,11-12H,7-10H2,1-2H3,(H,20,24). The van der Waals surface area contributed by atoms with Gasteiger partial charge in [0.1, 0.15) is 0 Å². The Labute approximate surface area is 150 Å². The molecular weight excluding hydrogens is 368 g/mol. The number of aromatic nitrogens is 2. The third-order valence-electron chi connectivity index (χ3n) is 4.36. The van der Waals surface area contributed by atoms with Crippen LogP contribution in [0.25, 0.3) is 0 Å². The fourth-order valence-electron chi connectivity index (χ4n) is 2.76. The summed E-state index contributed by atoms with van der Waals surface area (Å²) in [7, 11) is 0. The molecule has 126 valence electrons. The summed E-state index contributed by atoms with van der Waals surface area (Å²) in [5.41, 5.74) is 2.16. The van der Waals surface area contributed by atoms with Crippen molar-refractivity contribution in [1.29, 1.82) is 0 Å². The van der Waals surface area contributed by atoms with Crippen molar-refractivity contribution in [3.63, 3.8) is 0 Å². The number of amides is 1. The number of rotatable bonds is 3. The molecule has 3 rings (SSSR count). The molecule has 1 aliphatic rings. The minimum Gasteiger partial charge on any atom is -0.355 e. The van der Waals surface area contributed by atoms with Gasteiger partial charge in [0.25, 0.3) is 5.91 Å². The number of halogens is 1. The number of aryl methyl sites for hydroxylation is 1. The summed E-state index contributed by atoms with van der Waals surface area (Å²) in [6.07, 6.45) is 2.34. The summed E-state index contributed by atoms with van der Waals surface area (Å²) >= 11 is 3.46. The molecule has 1 aromatic heterocycles. The second-order valence-electron chi connectivity index (χ2n) is 6.38. The molecule has 0 unspecified atom stereocenters. The van der Waals surface area contributed by atoms with Crippen molar-refractivity contribution in [3.8, 4) is 0 Å². The lowest BCUT2D eigenvalue weighted by atomic mass is 9.99. The monoisotopic (exact) mass is 388 g/mol. The third kappa shape index (κ3) is 3.93. The largest absolute Gasteiger partial charge is 0.355 e. The maximum Gasteiger partial charge on any atom is 0.276 e. The molecule has 0 atom stereocenters. The number of nitrogens with one attached hydrogen (secondary N) is 1. The number of anilines is 2. The maximum absolute atomic E-state index is 12.3. The molecule has 6 heteroatoms.